The molecule has 0 fully saturated rings. The number of rotatable bonds is 2. The molecule has 3 heterocycles. The van der Waals surface area contributed by atoms with Gasteiger partial charge < -0.3 is 5.32 Å². The van der Waals surface area contributed by atoms with Crippen LogP contribution in [-0.4, -0.2) is 25.5 Å². The van der Waals surface area contributed by atoms with Crippen LogP contribution in [-0.2, 0) is 0 Å². The van der Waals surface area contributed by atoms with Gasteiger partial charge in [-0.25, -0.2) is 9.50 Å². The third kappa shape index (κ3) is 2.45. The Morgan fingerprint density at radius 3 is 2.89 bits per heavy atom. The molecule has 0 aliphatic carbocycles. The fourth-order valence-electron chi connectivity index (χ4n) is 1.60. The third-order valence-electron chi connectivity index (χ3n) is 2.45. The molecule has 7 heteroatoms. The second-order valence-corrected chi connectivity index (χ2v) is 4.71. The number of fused-ring (bicyclic) bond motifs is 1. The number of halogens is 1. The zero-order valence-electron chi connectivity index (χ0n) is 9.62. The fraction of sp³-hybridized carbons (Fsp3) is 0. The Kier molecular flexibility index (Phi) is 2.96. The predicted molar refractivity (Wildman–Crippen MR) is 72.9 cm³/mol. The zero-order valence-corrected chi connectivity index (χ0v) is 11.2. The fourth-order valence-corrected chi connectivity index (χ4v) is 1.89. The minimum absolute atomic E-state index is 0.284. The number of carbonyl (C=O) groups is 1. The van der Waals surface area contributed by atoms with E-state index in [9.17, 15) is 4.79 Å². The van der Waals surface area contributed by atoms with Crippen molar-refractivity contribution in [1.82, 2.24) is 19.6 Å². The summed E-state index contributed by atoms with van der Waals surface area (Å²) in [5.74, 6) is -0.284. The molecule has 0 saturated carbocycles. The average Bonchev–Trinajstić information content (AvgIpc) is 2.83. The summed E-state index contributed by atoms with van der Waals surface area (Å²) in [5, 5.41) is 6.91. The van der Waals surface area contributed by atoms with Crippen molar-refractivity contribution in [1.29, 1.82) is 0 Å². The highest BCUT2D eigenvalue weighted by Crippen LogP contribution is 2.11. The number of amides is 1. The van der Waals surface area contributed by atoms with E-state index < -0.39 is 0 Å². The summed E-state index contributed by atoms with van der Waals surface area (Å²) >= 11 is 3.30. The van der Waals surface area contributed by atoms with Crippen molar-refractivity contribution in [2.75, 3.05) is 5.32 Å². The first-order valence-corrected chi connectivity index (χ1v) is 6.24. The van der Waals surface area contributed by atoms with Gasteiger partial charge in [-0.3, -0.25) is 9.78 Å². The topological polar surface area (TPSA) is 72.2 Å². The lowest BCUT2D eigenvalue weighted by Gasteiger charge is -2.00. The molecule has 1 amide bonds. The molecule has 1 N–H and O–H groups in total. The lowest BCUT2D eigenvalue weighted by Crippen LogP contribution is -2.12. The number of carbonyl (C=O) groups excluding carboxylic acids is 1. The molecule has 0 bridgehead atoms. The molecule has 6 nitrogen and oxygen atoms in total. The number of nitrogens with zero attached hydrogens (tertiary/aromatic N) is 4. The van der Waals surface area contributed by atoms with E-state index in [1.165, 1.54) is 0 Å². The van der Waals surface area contributed by atoms with E-state index in [1.807, 2.05) is 0 Å². The Hall–Kier alpha value is -2.28. The van der Waals surface area contributed by atoms with Gasteiger partial charge in [-0.15, -0.1) is 0 Å². The highest BCUT2D eigenvalue weighted by molar-refractivity contribution is 9.10. The van der Waals surface area contributed by atoms with Crippen molar-refractivity contribution in [3.05, 3.63) is 53.2 Å². The number of hydrogen-bond donors (Lipinski definition) is 1. The number of anilines is 1. The minimum Gasteiger partial charge on any atom is -0.320 e. The summed E-state index contributed by atoms with van der Waals surface area (Å²) in [5.41, 5.74) is 1.59. The predicted octanol–water partition coefficient (Wildman–Crippen LogP) is 2.14. The second-order valence-electron chi connectivity index (χ2n) is 3.79. The summed E-state index contributed by atoms with van der Waals surface area (Å²) in [4.78, 5) is 20.1. The van der Waals surface area contributed by atoms with Gasteiger partial charge in [-0.2, -0.15) is 5.10 Å². The van der Waals surface area contributed by atoms with E-state index in [-0.39, 0.29) is 5.91 Å². The van der Waals surface area contributed by atoms with Gasteiger partial charge in [0.25, 0.3) is 5.91 Å². The first kappa shape index (κ1) is 11.8. The quantitative estimate of drug-likeness (QED) is 0.786. The van der Waals surface area contributed by atoms with Crippen LogP contribution in [0.25, 0.3) is 5.65 Å². The molecule has 19 heavy (non-hydrogen) atoms. The van der Waals surface area contributed by atoms with Crippen molar-refractivity contribution in [3.63, 3.8) is 0 Å². The summed E-state index contributed by atoms with van der Waals surface area (Å²) in [6.07, 6.45) is 6.61. The molecule has 3 rings (SSSR count). The highest BCUT2D eigenvalue weighted by atomic mass is 79.9. The molecular weight excluding hydrogens is 310 g/mol. The molecule has 3 aromatic heterocycles. The number of pyridine rings is 1. The van der Waals surface area contributed by atoms with Crippen LogP contribution >= 0.6 is 15.9 Å². The van der Waals surface area contributed by atoms with Crippen LogP contribution in [0.5, 0.6) is 0 Å². The molecule has 0 saturated heterocycles. The molecule has 0 atom stereocenters. The molecule has 0 radical (unpaired) electrons. The molecule has 94 valence electrons. The van der Waals surface area contributed by atoms with Crippen molar-refractivity contribution in [3.8, 4) is 0 Å². The van der Waals surface area contributed by atoms with E-state index >= 15 is 0 Å². The summed E-state index contributed by atoms with van der Waals surface area (Å²) < 4.78 is 2.34. The Bertz CT molecular complexity index is 740. The van der Waals surface area contributed by atoms with Crippen LogP contribution in [0.15, 0.2) is 47.5 Å². The zero-order chi connectivity index (χ0) is 13.2. The Balaban J connectivity index is 1.89. The summed E-state index contributed by atoms with van der Waals surface area (Å²) in [6.45, 7) is 0. The number of hydrogen-bond acceptors (Lipinski definition) is 4. The van der Waals surface area contributed by atoms with Crippen LogP contribution in [0.4, 0.5) is 5.69 Å². The molecule has 0 aliphatic heterocycles. The summed E-state index contributed by atoms with van der Waals surface area (Å²) in [7, 11) is 0. The largest absolute Gasteiger partial charge is 0.320 e. The third-order valence-corrected chi connectivity index (χ3v) is 2.86. The first-order valence-electron chi connectivity index (χ1n) is 5.45. The van der Waals surface area contributed by atoms with Gasteiger partial charge in [0.15, 0.2) is 11.3 Å². The maximum atomic E-state index is 12.0. The monoisotopic (exact) mass is 317 g/mol. The van der Waals surface area contributed by atoms with Crippen molar-refractivity contribution in [2.45, 2.75) is 0 Å². The smallest absolute Gasteiger partial charge is 0.276 e. The van der Waals surface area contributed by atoms with Crippen LogP contribution in [0.1, 0.15) is 10.5 Å². The maximum Gasteiger partial charge on any atom is 0.276 e. The molecular formula is C12H8BrN5O. The van der Waals surface area contributed by atoms with Gasteiger partial charge in [0.1, 0.15) is 0 Å². The Morgan fingerprint density at radius 1 is 1.32 bits per heavy atom. The normalized spacial score (nSPS) is 10.6. The van der Waals surface area contributed by atoms with Gasteiger partial charge in [0.2, 0.25) is 0 Å². The molecule has 0 unspecified atom stereocenters. The maximum absolute atomic E-state index is 12.0. The first-order chi connectivity index (χ1) is 9.22. The van der Waals surface area contributed by atoms with E-state index in [1.54, 1.807) is 47.5 Å². The van der Waals surface area contributed by atoms with Gasteiger partial charge >= 0.3 is 0 Å². The average molecular weight is 318 g/mol. The lowest BCUT2D eigenvalue weighted by atomic mass is 10.3. The van der Waals surface area contributed by atoms with E-state index in [2.05, 4.69) is 36.3 Å². The standard InChI is InChI=1S/C12H8BrN5O/c13-8-6-15-11-5-10(17-18(11)7-8)12(19)16-9-1-3-14-4-2-9/h1-7H,(H,14,16,19). The van der Waals surface area contributed by atoms with Gasteiger partial charge in [-0.1, -0.05) is 0 Å². The van der Waals surface area contributed by atoms with Gasteiger partial charge in [0, 0.05) is 36.5 Å². The van der Waals surface area contributed by atoms with Crippen LogP contribution in [0, 0.1) is 0 Å². The number of aromatic nitrogens is 4. The molecule has 0 aliphatic rings. The van der Waals surface area contributed by atoms with Crippen LogP contribution in [0.3, 0.4) is 0 Å². The molecule has 0 aromatic carbocycles. The SMILES string of the molecule is O=C(Nc1ccncc1)c1cc2ncc(Br)cn2n1. The second kappa shape index (κ2) is 4.77. The van der Waals surface area contributed by atoms with Gasteiger partial charge in [-0.05, 0) is 28.1 Å². The van der Waals surface area contributed by atoms with Crippen LogP contribution < -0.4 is 5.32 Å². The number of nitrogens with one attached hydrogen (secondary N) is 1. The summed E-state index contributed by atoms with van der Waals surface area (Å²) in [6, 6.07) is 5.05. The van der Waals surface area contributed by atoms with E-state index in [0.29, 0.717) is 17.0 Å². The highest BCUT2D eigenvalue weighted by Gasteiger charge is 2.11. The van der Waals surface area contributed by atoms with Crippen molar-refractivity contribution in [2.24, 2.45) is 0 Å². The lowest BCUT2D eigenvalue weighted by molar-refractivity contribution is 0.102. The molecule has 0 spiro atoms. The Morgan fingerprint density at radius 2 is 2.11 bits per heavy atom. The van der Waals surface area contributed by atoms with Crippen molar-refractivity contribution < 1.29 is 4.79 Å². The molecule has 3 aromatic rings. The van der Waals surface area contributed by atoms with E-state index in [0.717, 1.165) is 4.47 Å². The minimum atomic E-state index is -0.284. The van der Waals surface area contributed by atoms with Gasteiger partial charge in [0.05, 0.1) is 4.47 Å². The van der Waals surface area contributed by atoms with E-state index in [4.69, 9.17) is 0 Å². The van der Waals surface area contributed by atoms with Crippen molar-refractivity contribution >= 4 is 33.2 Å². The Labute approximate surface area is 116 Å². The van der Waals surface area contributed by atoms with Crippen LogP contribution in [0.2, 0.25) is 0 Å².